The molecule has 1 amide bonds. The normalized spacial score (nSPS) is 9.72. The summed E-state index contributed by atoms with van der Waals surface area (Å²) in [6, 6.07) is 14.7. The van der Waals surface area contributed by atoms with Crippen molar-refractivity contribution in [2.45, 2.75) is 6.54 Å². The van der Waals surface area contributed by atoms with Gasteiger partial charge in [0.15, 0.2) is 0 Å². The van der Waals surface area contributed by atoms with E-state index in [0.29, 0.717) is 24.4 Å². The van der Waals surface area contributed by atoms with Gasteiger partial charge in [-0.1, -0.05) is 18.2 Å². The molecule has 138 valence electrons. The van der Waals surface area contributed by atoms with Gasteiger partial charge in [0, 0.05) is 24.3 Å². The number of likely N-dealkylation sites (N-methyl/N-ethyl adjacent to an activating group) is 1. The van der Waals surface area contributed by atoms with Crippen molar-refractivity contribution in [2.24, 2.45) is 0 Å². The van der Waals surface area contributed by atoms with Gasteiger partial charge in [0.1, 0.15) is 12.4 Å². The molecule has 0 atom stereocenters. The average molecular weight is 386 g/mol. The predicted octanol–water partition coefficient (Wildman–Crippen LogP) is 2.98. The van der Waals surface area contributed by atoms with Crippen LogP contribution in [0.2, 0.25) is 0 Å². The van der Waals surface area contributed by atoms with E-state index in [2.05, 4.69) is 10.2 Å². The van der Waals surface area contributed by atoms with Gasteiger partial charge in [-0.15, -0.1) is 24.8 Å². The zero-order valence-electron chi connectivity index (χ0n) is 14.4. The summed E-state index contributed by atoms with van der Waals surface area (Å²) in [4.78, 5) is 14.2. The fourth-order valence-corrected chi connectivity index (χ4v) is 2.06. The highest BCUT2D eigenvalue weighted by molar-refractivity contribution is 5.94. The number of nitrogens with zero attached hydrogens (tertiary/aromatic N) is 1. The molecule has 7 heteroatoms. The van der Waals surface area contributed by atoms with Crippen LogP contribution >= 0.6 is 24.8 Å². The Hall–Kier alpha value is -1.95. The highest BCUT2D eigenvalue weighted by atomic mass is 35.5. The molecule has 0 fully saturated rings. The highest BCUT2D eigenvalue weighted by Gasteiger charge is 2.06. The quantitative estimate of drug-likeness (QED) is 0.718. The molecule has 0 aliphatic carbocycles. The summed E-state index contributed by atoms with van der Waals surface area (Å²) in [6.45, 7) is 1.93. The SMILES string of the molecule is CN(C)CCOc1cccc(CNC(=O)c2cccc(N)c2)c1.Cl.Cl. The number of rotatable bonds is 7. The summed E-state index contributed by atoms with van der Waals surface area (Å²) in [7, 11) is 4.01. The van der Waals surface area contributed by atoms with Crippen LogP contribution < -0.4 is 15.8 Å². The maximum Gasteiger partial charge on any atom is 0.251 e. The van der Waals surface area contributed by atoms with Crippen molar-refractivity contribution in [3.05, 3.63) is 59.7 Å². The van der Waals surface area contributed by atoms with E-state index in [9.17, 15) is 4.79 Å². The van der Waals surface area contributed by atoms with Gasteiger partial charge in [-0.2, -0.15) is 0 Å². The highest BCUT2D eigenvalue weighted by Crippen LogP contribution is 2.13. The van der Waals surface area contributed by atoms with Crippen molar-refractivity contribution in [3.63, 3.8) is 0 Å². The Labute approximate surface area is 161 Å². The first-order valence-electron chi connectivity index (χ1n) is 7.55. The predicted molar refractivity (Wildman–Crippen MR) is 107 cm³/mol. The number of hydrogen-bond donors (Lipinski definition) is 2. The third kappa shape index (κ3) is 8.12. The van der Waals surface area contributed by atoms with E-state index in [-0.39, 0.29) is 30.7 Å². The van der Waals surface area contributed by atoms with E-state index >= 15 is 0 Å². The molecule has 5 nitrogen and oxygen atoms in total. The van der Waals surface area contributed by atoms with Gasteiger partial charge in [0.25, 0.3) is 5.91 Å². The van der Waals surface area contributed by atoms with Gasteiger partial charge >= 0.3 is 0 Å². The van der Waals surface area contributed by atoms with Crippen LogP contribution in [0.15, 0.2) is 48.5 Å². The Morgan fingerprint density at radius 3 is 2.52 bits per heavy atom. The molecule has 3 N–H and O–H groups in total. The van der Waals surface area contributed by atoms with E-state index in [1.165, 1.54) is 0 Å². The van der Waals surface area contributed by atoms with E-state index in [1.54, 1.807) is 24.3 Å². The number of hydrogen-bond acceptors (Lipinski definition) is 4. The molecular weight excluding hydrogens is 361 g/mol. The molecule has 0 aromatic heterocycles. The molecule has 2 rings (SSSR count). The number of amides is 1. The second-order valence-electron chi connectivity index (χ2n) is 5.61. The van der Waals surface area contributed by atoms with Gasteiger partial charge in [0.05, 0.1) is 0 Å². The third-order valence-corrected chi connectivity index (χ3v) is 3.31. The van der Waals surface area contributed by atoms with Crippen LogP contribution in [0, 0.1) is 0 Å². The molecule has 0 unspecified atom stereocenters. The lowest BCUT2D eigenvalue weighted by Gasteiger charge is -2.12. The minimum absolute atomic E-state index is 0. The first-order valence-corrected chi connectivity index (χ1v) is 7.55. The number of carbonyl (C=O) groups excluding carboxylic acids is 1. The number of nitrogens with one attached hydrogen (secondary N) is 1. The zero-order chi connectivity index (χ0) is 16.7. The summed E-state index contributed by atoms with van der Waals surface area (Å²) >= 11 is 0. The summed E-state index contributed by atoms with van der Waals surface area (Å²) in [5.41, 5.74) is 7.82. The molecule has 2 aromatic carbocycles. The first-order chi connectivity index (χ1) is 11.0. The number of nitrogen functional groups attached to an aromatic ring is 1. The Balaban J connectivity index is 0.00000288. The molecule has 0 saturated heterocycles. The third-order valence-electron chi connectivity index (χ3n) is 3.31. The fourth-order valence-electron chi connectivity index (χ4n) is 2.06. The number of halogens is 2. The van der Waals surface area contributed by atoms with Crippen LogP contribution in [0.3, 0.4) is 0 Å². The van der Waals surface area contributed by atoms with Crippen LogP contribution in [0.4, 0.5) is 5.69 Å². The minimum Gasteiger partial charge on any atom is -0.492 e. The maximum absolute atomic E-state index is 12.1. The molecule has 0 bridgehead atoms. The lowest BCUT2D eigenvalue weighted by atomic mass is 10.1. The smallest absolute Gasteiger partial charge is 0.251 e. The Bertz CT molecular complexity index is 666. The van der Waals surface area contributed by atoms with E-state index in [0.717, 1.165) is 17.9 Å². The molecular formula is C18H25Cl2N3O2. The van der Waals surface area contributed by atoms with Crippen molar-refractivity contribution in [1.29, 1.82) is 0 Å². The summed E-state index contributed by atoms with van der Waals surface area (Å²) in [5.74, 6) is 0.666. The summed E-state index contributed by atoms with van der Waals surface area (Å²) in [6.07, 6.45) is 0. The lowest BCUT2D eigenvalue weighted by Crippen LogP contribution is -2.23. The van der Waals surface area contributed by atoms with E-state index in [1.807, 2.05) is 38.4 Å². The van der Waals surface area contributed by atoms with E-state index < -0.39 is 0 Å². The van der Waals surface area contributed by atoms with Crippen molar-refractivity contribution in [1.82, 2.24) is 10.2 Å². The molecule has 25 heavy (non-hydrogen) atoms. The molecule has 0 radical (unpaired) electrons. The molecule has 0 aliphatic rings. The summed E-state index contributed by atoms with van der Waals surface area (Å²) < 4.78 is 5.69. The topological polar surface area (TPSA) is 67.6 Å². The average Bonchev–Trinajstić information content (AvgIpc) is 2.52. The molecule has 0 saturated carbocycles. The molecule has 0 aliphatic heterocycles. The molecule has 0 heterocycles. The van der Waals surface area contributed by atoms with Crippen molar-refractivity contribution in [3.8, 4) is 5.75 Å². The Morgan fingerprint density at radius 2 is 1.84 bits per heavy atom. The molecule has 0 spiro atoms. The van der Waals surface area contributed by atoms with Gasteiger partial charge in [-0.3, -0.25) is 4.79 Å². The monoisotopic (exact) mass is 385 g/mol. The lowest BCUT2D eigenvalue weighted by molar-refractivity contribution is 0.0951. The van der Waals surface area contributed by atoms with Gasteiger partial charge < -0.3 is 20.7 Å². The van der Waals surface area contributed by atoms with Crippen LogP contribution in [-0.2, 0) is 6.54 Å². The van der Waals surface area contributed by atoms with Gasteiger partial charge in [-0.25, -0.2) is 0 Å². The van der Waals surface area contributed by atoms with Crippen LogP contribution in [-0.4, -0.2) is 38.1 Å². The summed E-state index contributed by atoms with van der Waals surface area (Å²) in [5, 5.41) is 2.89. The Kier molecular flexibility index (Phi) is 10.7. The standard InChI is InChI=1S/C18H23N3O2.2ClH/c1-21(2)9-10-23-17-8-3-5-14(11-17)13-20-18(22)15-6-4-7-16(19)12-15;;/h3-8,11-12H,9-10,13,19H2,1-2H3,(H,20,22);2*1H. The maximum atomic E-state index is 12.1. The number of anilines is 1. The van der Waals surface area contributed by atoms with Crippen LogP contribution in [0.5, 0.6) is 5.75 Å². The van der Waals surface area contributed by atoms with E-state index in [4.69, 9.17) is 10.5 Å². The van der Waals surface area contributed by atoms with Gasteiger partial charge in [0.2, 0.25) is 0 Å². The number of nitrogens with two attached hydrogens (primary N) is 1. The number of ether oxygens (including phenoxy) is 1. The van der Waals surface area contributed by atoms with Crippen LogP contribution in [0.25, 0.3) is 0 Å². The zero-order valence-corrected chi connectivity index (χ0v) is 16.0. The minimum atomic E-state index is -0.142. The number of carbonyl (C=O) groups is 1. The largest absolute Gasteiger partial charge is 0.492 e. The Morgan fingerprint density at radius 1 is 1.12 bits per heavy atom. The first kappa shape index (κ1) is 23.1. The number of benzene rings is 2. The van der Waals surface area contributed by atoms with Crippen molar-refractivity contribution < 1.29 is 9.53 Å². The van der Waals surface area contributed by atoms with Crippen molar-refractivity contribution in [2.75, 3.05) is 33.0 Å². The van der Waals surface area contributed by atoms with Gasteiger partial charge in [-0.05, 0) is 50.0 Å². The molecule has 2 aromatic rings. The second kappa shape index (κ2) is 11.6. The van der Waals surface area contributed by atoms with Crippen LogP contribution in [0.1, 0.15) is 15.9 Å². The van der Waals surface area contributed by atoms with Crippen molar-refractivity contribution >= 4 is 36.4 Å². The fraction of sp³-hybridized carbons (Fsp3) is 0.278. The second-order valence-corrected chi connectivity index (χ2v) is 5.61.